The largest absolute Gasteiger partial charge is 0.364 e. The molecule has 6 heteroatoms. The Balaban J connectivity index is 2.79. The van der Waals surface area contributed by atoms with Gasteiger partial charge in [0.05, 0.1) is 5.69 Å². The van der Waals surface area contributed by atoms with Crippen molar-refractivity contribution in [1.29, 1.82) is 0 Å². The SMILES string of the molecule is CC(CN)C(=O)Nc1cc(C(N)=O)n(C)c1. The molecule has 0 saturated heterocycles. The number of rotatable bonds is 4. The van der Waals surface area contributed by atoms with Gasteiger partial charge in [0.2, 0.25) is 5.91 Å². The first-order valence-electron chi connectivity index (χ1n) is 4.92. The lowest BCUT2D eigenvalue weighted by atomic mass is 10.1. The zero-order valence-corrected chi connectivity index (χ0v) is 9.36. The summed E-state index contributed by atoms with van der Waals surface area (Å²) >= 11 is 0. The van der Waals surface area contributed by atoms with Crippen molar-refractivity contribution in [3.05, 3.63) is 18.0 Å². The Morgan fingerprint density at radius 3 is 2.62 bits per heavy atom. The number of aryl methyl sites for hydroxylation is 1. The highest BCUT2D eigenvalue weighted by Gasteiger charge is 2.13. The smallest absolute Gasteiger partial charge is 0.265 e. The number of hydrogen-bond donors (Lipinski definition) is 3. The molecule has 1 rings (SSSR count). The third-order valence-corrected chi connectivity index (χ3v) is 2.33. The maximum absolute atomic E-state index is 11.5. The number of carbonyl (C=O) groups excluding carboxylic acids is 2. The summed E-state index contributed by atoms with van der Waals surface area (Å²) in [5, 5.41) is 2.66. The van der Waals surface area contributed by atoms with E-state index in [4.69, 9.17) is 11.5 Å². The second kappa shape index (κ2) is 4.80. The van der Waals surface area contributed by atoms with Gasteiger partial charge in [-0.1, -0.05) is 6.92 Å². The second-order valence-electron chi connectivity index (χ2n) is 3.72. The van der Waals surface area contributed by atoms with Crippen molar-refractivity contribution in [1.82, 2.24) is 4.57 Å². The van der Waals surface area contributed by atoms with E-state index in [1.807, 2.05) is 0 Å². The number of hydrogen-bond acceptors (Lipinski definition) is 3. The van der Waals surface area contributed by atoms with Crippen LogP contribution in [0.15, 0.2) is 12.3 Å². The van der Waals surface area contributed by atoms with Crippen molar-refractivity contribution >= 4 is 17.5 Å². The van der Waals surface area contributed by atoms with Crippen LogP contribution in [0.2, 0.25) is 0 Å². The first kappa shape index (κ1) is 12.3. The molecule has 0 aliphatic heterocycles. The number of aromatic nitrogens is 1. The van der Waals surface area contributed by atoms with Gasteiger partial charge in [-0.2, -0.15) is 0 Å². The molecule has 0 aliphatic rings. The van der Waals surface area contributed by atoms with E-state index in [-0.39, 0.29) is 18.4 Å². The molecule has 0 spiro atoms. The maximum atomic E-state index is 11.5. The third-order valence-electron chi connectivity index (χ3n) is 2.33. The molecule has 1 unspecified atom stereocenters. The van der Waals surface area contributed by atoms with Crippen LogP contribution in [-0.4, -0.2) is 22.9 Å². The minimum atomic E-state index is -0.533. The normalized spacial score (nSPS) is 12.2. The molecule has 16 heavy (non-hydrogen) atoms. The number of carbonyl (C=O) groups is 2. The second-order valence-corrected chi connectivity index (χ2v) is 3.72. The summed E-state index contributed by atoms with van der Waals surface area (Å²) in [5.41, 5.74) is 11.4. The van der Waals surface area contributed by atoms with E-state index in [0.29, 0.717) is 11.4 Å². The predicted molar refractivity (Wildman–Crippen MR) is 60.8 cm³/mol. The molecule has 88 valence electrons. The molecule has 1 aromatic rings. The van der Waals surface area contributed by atoms with Gasteiger partial charge in [0.15, 0.2) is 0 Å². The number of nitrogens with one attached hydrogen (secondary N) is 1. The average molecular weight is 224 g/mol. The first-order valence-corrected chi connectivity index (χ1v) is 4.92. The maximum Gasteiger partial charge on any atom is 0.265 e. The van der Waals surface area contributed by atoms with E-state index in [0.717, 1.165) is 0 Å². The van der Waals surface area contributed by atoms with Gasteiger partial charge in [0.25, 0.3) is 5.91 Å². The van der Waals surface area contributed by atoms with E-state index < -0.39 is 5.91 Å². The minimum absolute atomic E-state index is 0.177. The lowest BCUT2D eigenvalue weighted by Crippen LogP contribution is -2.26. The van der Waals surface area contributed by atoms with Gasteiger partial charge in [0.1, 0.15) is 5.69 Å². The Hall–Kier alpha value is -1.82. The highest BCUT2D eigenvalue weighted by atomic mass is 16.2. The highest BCUT2D eigenvalue weighted by molar-refractivity contribution is 5.96. The van der Waals surface area contributed by atoms with Gasteiger partial charge in [-0.25, -0.2) is 0 Å². The summed E-state index contributed by atoms with van der Waals surface area (Å²) in [7, 11) is 1.68. The fourth-order valence-corrected chi connectivity index (χ4v) is 1.25. The fraction of sp³-hybridized carbons (Fsp3) is 0.400. The predicted octanol–water partition coefficient (Wildman–Crippen LogP) is -0.343. The van der Waals surface area contributed by atoms with Crippen LogP contribution in [-0.2, 0) is 11.8 Å². The Kier molecular flexibility index (Phi) is 3.68. The van der Waals surface area contributed by atoms with Gasteiger partial charge in [-0.3, -0.25) is 9.59 Å². The summed E-state index contributed by atoms with van der Waals surface area (Å²) in [5.74, 6) is -0.976. The number of nitrogens with two attached hydrogens (primary N) is 2. The molecular formula is C10H16N4O2. The summed E-state index contributed by atoms with van der Waals surface area (Å²) in [6.45, 7) is 2.01. The Bertz CT molecular complexity index is 411. The molecule has 0 aromatic carbocycles. The molecule has 0 fully saturated rings. The van der Waals surface area contributed by atoms with E-state index in [2.05, 4.69) is 5.32 Å². The van der Waals surface area contributed by atoms with Gasteiger partial charge in [-0.15, -0.1) is 0 Å². The summed E-state index contributed by atoms with van der Waals surface area (Å²) in [6.07, 6.45) is 1.63. The van der Waals surface area contributed by atoms with Crippen LogP contribution in [0.1, 0.15) is 17.4 Å². The van der Waals surface area contributed by atoms with E-state index in [9.17, 15) is 9.59 Å². The van der Waals surface area contributed by atoms with Crippen LogP contribution in [0.25, 0.3) is 0 Å². The van der Waals surface area contributed by atoms with Crippen molar-refractivity contribution in [2.75, 3.05) is 11.9 Å². The number of primary amides is 1. The van der Waals surface area contributed by atoms with E-state index >= 15 is 0 Å². The standard InChI is InChI=1S/C10H16N4O2/c1-6(4-11)10(16)13-7-3-8(9(12)15)14(2)5-7/h3,5-6H,4,11H2,1-2H3,(H2,12,15)(H,13,16). The van der Waals surface area contributed by atoms with Crippen molar-refractivity contribution in [3.8, 4) is 0 Å². The van der Waals surface area contributed by atoms with Crippen LogP contribution >= 0.6 is 0 Å². The molecule has 1 heterocycles. The molecular weight excluding hydrogens is 208 g/mol. The van der Waals surface area contributed by atoms with Gasteiger partial charge >= 0.3 is 0 Å². The minimum Gasteiger partial charge on any atom is -0.364 e. The number of anilines is 1. The molecule has 6 nitrogen and oxygen atoms in total. The molecule has 2 amide bonds. The molecule has 0 radical (unpaired) electrons. The van der Waals surface area contributed by atoms with Crippen LogP contribution in [0, 0.1) is 5.92 Å². The lowest BCUT2D eigenvalue weighted by molar-refractivity contribution is -0.119. The molecule has 0 aliphatic carbocycles. The van der Waals surface area contributed by atoms with Crippen molar-refractivity contribution < 1.29 is 9.59 Å². The topological polar surface area (TPSA) is 103 Å². The number of nitrogens with zero attached hydrogens (tertiary/aromatic N) is 1. The molecule has 0 saturated carbocycles. The Labute approximate surface area is 93.6 Å². The Morgan fingerprint density at radius 2 is 2.19 bits per heavy atom. The lowest BCUT2D eigenvalue weighted by Gasteiger charge is -2.07. The van der Waals surface area contributed by atoms with Crippen molar-refractivity contribution in [2.45, 2.75) is 6.92 Å². The Morgan fingerprint density at radius 1 is 1.56 bits per heavy atom. The summed E-state index contributed by atoms with van der Waals surface area (Å²) in [4.78, 5) is 22.5. The third kappa shape index (κ3) is 2.60. The van der Waals surface area contributed by atoms with Crippen LogP contribution in [0.5, 0.6) is 0 Å². The van der Waals surface area contributed by atoms with E-state index in [1.165, 1.54) is 6.07 Å². The highest BCUT2D eigenvalue weighted by Crippen LogP contribution is 2.13. The van der Waals surface area contributed by atoms with Crippen LogP contribution in [0.3, 0.4) is 0 Å². The zero-order valence-electron chi connectivity index (χ0n) is 9.36. The van der Waals surface area contributed by atoms with Gasteiger partial charge in [-0.05, 0) is 6.07 Å². The number of amides is 2. The van der Waals surface area contributed by atoms with Crippen LogP contribution < -0.4 is 16.8 Å². The molecule has 0 bridgehead atoms. The van der Waals surface area contributed by atoms with E-state index in [1.54, 1.807) is 24.7 Å². The first-order chi connectivity index (χ1) is 7.45. The van der Waals surface area contributed by atoms with Gasteiger partial charge in [0, 0.05) is 25.7 Å². The monoisotopic (exact) mass is 224 g/mol. The average Bonchev–Trinajstić information content (AvgIpc) is 2.58. The zero-order chi connectivity index (χ0) is 12.3. The molecule has 1 atom stereocenters. The summed E-state index contributed by atoms with van der Waals surface area (Å²) in [6, 6.07) is 1.53. The summed E-state index contributed by atoms with van der Waals surface area (Å²) < 4.78 is 1.56. The van der Waals surface area contributed by atoms with Crippen molar-refractivity contribution in [3.63, 3.8) is 0 Å². The van der Waals surface area contributed by atoms with Crippen molar-refractivity contribution in [2.24, 2.45) is 24.4 Å². The van der Waals surface area contributed by atoms with Gasteiger partial charge < -0.3 is 21.4 Å². The van der Waals surface area contributed by atoms with Crippen LogP contribution in [0.4, 0.5) is 5.69 Å². The molecule has 1 aromatic heterocycles. The quantitative estimate of drug-likeness (QED) is 0.651. The fourth-order valence-electron chi connectivity index (χ4n) is 1.25. The molecule has 5 N–H and O–H groups in total.